The molecule has 0 aliphatic rings. The zero-order valence-corrected chi connectivity index (χ0v) is 9.73. The van der Waals surface area contributed by atoms with E-state index in [0.29, 0.717) is 12.5 Å². The summed E-state index contributed by atoms with van der Waals surface area (Å²) in [5.41, 5.74) is 9.49. The number of aromatic nitrogens is 4. The van der Waals surface area contributed by atoms with E-state index in [4.69, 9.17) is 5.73 Å². The van der Waals surface area contributed by atoms with Crippen LogP contribution in [0.5, 0.6) is 0 Å². The van der Waals surface area contributed by atoms with Crippen LogP contribution in [0.4, 0.5) is 0 Å². The van der Waals surface area contributed by atoms with Crippen LogP contribution in [0.25, 0.3) is 5.95 Å². The molecule has 16 heavy (non-hydrogen) atoms. The second-order valence-corrected chi connectivity index (χ2v) is 3.82. The zero-order chi connectivity index (χ0) is 11.7. The van der Waals surface area contributed by atoms with Crippen molar-refractivity contribution in [2.24, 2.45) is 5.73 Å². The first kappa shape index (κ1) is 10.8. The van der Waals surface area contributed by atoms with Crippen molar-refractivity contribution in [1.82, 2.24) is 19.7 Å². The third-order valence-corrected chi connectivity index (χ3v) is 2.49. The highest BCUT2D eigenvalue weighted by atomic mass is 15.3. The maximum absolute atomic E-state index is 5.61. The maximum atomic E-state index is 5.61. The van der Waals surface area contributed by atoms with Gasteiger partial charge in [0.1, 0.15) is 0 Å². The fraction of sp³-hybridized carbons (Fsp3) is 0.364. The van der Waals surface area contributed by atoms with E-state index in [2.05, 4.69) is 15.1 Å². The molecule has 0 saturated carbocycles. The van der Waals surface area contributed by atoms with E-state index in [9.17, 15) is 0 Å². The normalized spacial score (nSPS) is 10.8. The Labute approximate surface area is 94.3 Å². The molecule has 2 N–H and O–H groups in total. The van der Waals surface area contributed by atoms with Crippen LogP contribution < -0.4 is 5.73 Å². The molecule has 2 rings (SSSR count). The monoisotopic (exact) mass is 217 g/mol. The predicted molar refractivity (Wildman–Crippen MR) is 61.3 cm³/mol. The summed E-state index contributed by atoms with van der Waals surface area (Å²) < 4.78 is 1.72. The van der Waals surface area contributed by atoms with Crippen LogP contribution in [0.1, 0.15) is 22.6 Å². The van der Waals surface area contributed by atoms with Crippen molar-refractivity contribution >= 4 is 0 Å². The summed E-state index contributed by atoms with van der Waals surface area (Å²) in [5.74, 6) is 0.606. The largest absolute Gasteiger partial charge is 0.326 e. The molecule has 0 fully saturated rings. The van der Waals surface area contributed by atoms with E-state index in [1.165, 1.54) is 0 Å². The standard InChI is InChI=1S/C11H15N5/c1-7-4-8(2)15-11(14-7)16-9(3)10(5-12)6-13-16/h4,6H,5,12H2,1-3H3. The Balaban J connectivity index is 2.54. The first-order valence-corrected chi connectivity index (χ1v) is 5.18. The minimum Gasteiger partial charge on any atom is -0.326 e. The van der Waals surface area contributed by atoms with Crippen LogP contribution in [0.2, 0.25) is 0 Å². The average Bonchev–Trinajstić information content (AvgIpc) is 2.58. The van der Waals surface area contributed by atoms with Gasteiger partial charge in [0.25, 0.3) is 5.95 Å². The molecule has 0 saturated heterocycles. The van der Waals surface area contributed by atoms with Gasteiger partial charge in [-0.05, 0) is 26.8 Å². The molecule has 84 valence electrons. The van der Waals surface area contributed by atoms with E-state index in [-0.39, 0.29) is 0 Å². The lowest BCUT2D eigenvalue weighted by molar-refractivity contribution is 0.769. The molecule has 2 heterocycles. The van der Waals surface area contributed by atoms with Gasteiger partial charge >= 0.3 is 0 Å². The molecular formula is C11H15N5. The molecule has 0 amide bonds. The Morgan fingerprint density at radius 3 is 2.31 bits per heavy atom. The summed E-state index contributed by atoms with van der Waals surface area (Å²) >= 11 is 0. The lowest BCUT2D eigenvalue weighted by Crippen LogP contribution is -2.07. The Morgan fingerprint density at radius 1 is 1.19 bits per heavy atom. The van der Waals surface area contributed by atoms with E-state index in [1.807, 2.05) is 26.8 Å². The lowest BCUT2D eigenvalue weighted by atomic mass is 10.3. The molecule has 0 bridgehead atoms. The molecule has 5 heteroatoms. The topological polar surface area (TPSA) is 69.6 Å². The van der Waals surface area contributed by atoms with Crippen molar-refractivity contribution in [3.8, 4) is 5.95 Å². The van der Waals surface area contributed by atoms with Gasteiger partial charge < -0.3 is 5.73 Å². The Bertz CT molecular complexity index is 495. The Hall–Kier alpha value is -1.75. The van der Waals surface area contributed by atoms with Gasteiger partial charge in [-0.3, -0.25) is 0 Å². The third-order valence-electron chi connectivity index (χ3n) is 2.49. The number of hydrogen-bond donors (Lipinski definition) is 1. The van der Waals surface area contributed by atoms with Gasteiger partial charge in [0, 0.05) is 29.2 Å². The van der Waals surface area contributed by atoms with Crippen molar-refractivity contribution < 1.29 is 0 Å². The SMILES string of the molecule is Cc1cc(C)nc(-n2ncc(CN)c2C)n1. The summed E-state index contributed by atoms with van der Waals surface area (Å²) in [6, 6.07) is 1.94. The fourth-order valence-electron chi connectivity index (χ4n) is 1.65. The molecule has 0 atom stereocenters. The predicted octanol–water partition coefficient (Wildman–Crippen LogP) is 1.05. The van der Waals surface area contributed by atoms with Crippen LogP contribution in [0.15, 0.2) is 12.3 Å². The minimum atomic E-state index is 0.483. The summed E-state index contributed by atoms with van der Waals surface area (Å²) in [7, 11) is 0. The van der Waals surface area contributed by atoms with Crippen molar-refractivity contribution in [3.05, 3.63) is 34.9 Å². The Kier molecular flexibility index (Phi) is 2.70. The highest BCUT2D eigenvalue weighted by Gasteiger charge is 2.09. The first-order valence-electron chi connectivity index (χ1n) is 5.18. The summed E-state index contributed by atoms with van der Waals surface area (Å²) in [5, 5.41) is 4.25. The molecule has 0 unspecified atom stereocenters. The first-order chi connectivity index (χ1) is 7.61. The highest BCUT2D eigenvalue weighted by molar-refractivity contribution is 5.25. The second-order valence-electron chi connectivity index (χ2n) is 3.82. The van der Waals surface area contributed by atoms with E-state index in [0.717, 1.165) is 22.6 Å². The van der Waals surface area contributed by atoms with E-state index >= 15 is 0 Å². The number of nitrogens with zero attached hydrogens (tertiary/aromatic N) is 4. The zero-order valence-electron chi connectivity index (χ0n) is 9.73. The molecule has 0 aliphatic carbocycles. The summed E-state index contributed by atoms with van der Waals surface area (Å²) in [4.78, 5) is 8.72. The lowest BCUT2D eigenvalue weighted by Gasteiger charge is -2.05. The van der Waals surface area contributed by atoms with E-state index < -0.39 is 0 Å². The van der Waals surface area contributed by atoms with Crippen molar-refractivity contribution in [2.75, 3.05) is 0 Å². The Morgan fingerprint density at radius 2 is 1.81 bits per heavy atom. The third kappa shape index (κ3) is 1.81. The van der Waals surface area contributed by atoms with Gasteiger partial charge in [-0.25, -0.2) is 14.6 Å². The van der Waals surface area contributed by atoms with Gasteiger partial charge in [0.2, 0.25) is 0 Å². The van der Waals surface area contributed by atoms with Crippen LogP contribution in [-0.2, 0) is 6.54 Å². The average molecular weight is 217 g/mol. The number of rotatable bonds is 2. The van der Waals surface area contributed by atoms with E-state index in [1.54, 1.807) is 10.9 Å². The smallest absolute Gasteiger partial charge is 0.251 e. The van der Waals surface area contributed by atoms with Crippen molar-refractivity contribution in [3.63, 3.8) is 0 Å². The quantitative estimate of drug-likeness (QED) is 0.816. The molecule has 2 aromatic rings. The van der Waals surface area contributed by atoms with Gasteiger partial charge in [-0.2, -0.15) is 5.10 Å². The minimum absolute atomic E-state index is 0.483. The van der Waals surface area contributed by atoms with Gasteiger partial charge in [0.15, 0.2) is 0 Å². The number of aryl methyl sites for hydroxylation is 2. The van der Waals surface area contributed by atoms with Crippen LogP contribution >= 0.6 is 0 Å². The summed E-state index contributed by atoms with van der Waals surface area (Å²) in [6.45, 7) is 6.34. The van der Waals surface area contributed by atoms with Gasteiger partial charge in [0.05, 0.1) is 6.20 Å². The van der Waals surface area contributed by atoms with Crippen LogP contribution in [0.3, 0.4) is 0 Å². The maximum Gasteiger partial charge on any atom is 0.251 e. The van der Waals surface area contributed by atoms with Crippen molar-refractivity contribution in [1.29, 1.82) is 0 Å². The van der Waals surface area contributed by atoms with Crippen LogP contribution in [-0.4, -0.2) is 19.7 Å². The van der Waals surface area contributed by atoms with Gasteiger partial charge in [-0.15, -0.1) is 0 Å². The highest BCUT2D eigenvalue weighted by Crippen LogP contribution is 2.11. The van der Waals surface area contributed by atoms with Gasteiger partial charge in [-0.1, -0.05) is 0 Å². The molecule has 0 aromatic carbocycles. The van der Waals surface area contributed by atoms with Crippen LogP contribution in [0, 0.1) is 20.8 Å². The molecular weight excluding hydrogens is 202 g/mol. The molecule has 5 nitrogen and oxygen atoms in total. The van der Waals surface area contributed by atoms with Crippen molar-refractivity contribution in [2.45, 2.75) is 27.3 Å². The number of hydrogen-bond acceptors (Lipinski definition) is 4. The number of nitrogens with two attached hydrogens (primary N) is 1. The fourth-order valence-corrected chi connectivity index (χ4v) is 1.65. The molecule has 0 spiro atoms. The summed E-state index contributed by atoms with van der Waals surface area (Å²) in [6.07, 6.45) is 1.76. The second kappa shape index (κ2) is 4.02. The molecule has 0 radical (unpaired) electrons. The molecule has 2 aromatic heterocycles. The molecule has 0 aliphatic heterocycles.